The summed E-state index contributed by atoms with van der Waals surface area (Å²) in [5.74, 6) is 1.27. The lowest BCUT2D eigenvalue weighted by Gasteiger charge is -2.36. The zero-order valence-corrected chi connectivity index (χ0v) is 12.9. The van der Waals surface area contributed by atoms with E-state index >= 15 is 0 Å². The van der Waals surface area contributed by atoms with Crippen LogP contribution in [0.15, 0.2) is 0 Å². The van der Waals surface area contributed by atoms with Crippen LogP contribution < -0.4 is 0 Å². The highest BCUT2D eigenvalue weighted by atomic mass is 16.2. The molecule has 2 fully saturated rings. The molecule has 2 aliphatic rings. The number of nitrogens with zero attached hydrogens (tertiary/aromatic N) is 1. The summed E-state index contributed by atoms with van der Waals surface area (Å²) in [6, 6.07) is 0.181. The summed E-state index contributed by atoms with van der Waals surface area (Å²) >= 11 is 0. The quantitative estimate of drug-likeness (QED) is 0.769. The topological polar surface area (TPSA) is 37.4 Å². The highest BCUT2D eigenvalue weighted by Gasteiger charge is 2.27. The van der Waals surface area contributed by atoms with Crippen molar-refractivity contribution in [2.24, 2.45) is 5.92 Å². The monoisotopic (exact) mass is 279 g/mol. The van der Waals surface area contributed by atoms with Crippen molar-refractivity contribution in [1.82, 2.24) is 4.90 Å². The Kier molecular flexibility index (Phi) is 6.06. The lowest BCUT2D eigenvalue weighted by atomic mass is 9.86. The lowest BCUT2D eigenvalue weighted by Crippen LogP contribution is -2.44. The fraction of sp³-hybridized carbons (Fsp3) is 0.882. The maximum absolute atomic E-state index is 12.4. The van der Waals surface area contributed by atoms with E-state index in [2.05, 4.69) is 0 Å². The molecule has 0 spiro atoms. The molecule has 1 amide bonds. The number of Topliss-reactive ketones (excluding diaryl/α,β-unsaturated/α-hetero) is 1. The summed E-state index contributed by atoms with van der Waals surface area (Å²) in [6.45, 7) is 2.50. The van der Waals surface area contributed by atoms with Gasteiger partial charge in [0.15, 0.2) is 0 Å². The van der Waals surface area contributed by atoms with E-state index in [0.29, 0.717) is 18.7 Å². The Bertz CT molecular complexity index is 334. The molecule has 20 heavy (non-hydrogen) atoms. The molecule has 114 valence electrons. The summed E-state index contributed by atoms with van der Waals surface area (Å²) in [7, 11) is 0. The van der Waals surface area contributed by atoms with Crippen LogP contribution in [0.4, 0.5) is 0 Å². The summed E-state index contributed by atoms with van der Waals surface area (Å²) in [6.07, 6.45) is 12.2. The van der Waals surface area contributed by atoms with Crippen LogP contribution in [-0.4, -0.2) is 29.2 Å². The van der Waals surface area contributed by atoms with E-state index in [1.54, 1.807) is 6.92 Å². The number of likely N-dealkylation sites (tertiary alicyclic amines) is 1. The zero-order chi connectivity index (χ0) is 14.4. The van der Waals surface area contributed by atoms with Gasteiger partial charge in [-0.25, -0.2) is 0 Å². The smallest absolute Gasteiger partial charge is 0.222 e. The molecule has 1 aliphatic heterocycles. The van der Waals surface area contributed by atoms with Gasteiger partial charge in [-0.3, -0.25) is 9.59 Å². The van der Waals surface area contributed by atoms with Crippen molar-refractivity contribution in [3.63, 3.8) is 0 Å². The number of carbonyl (C=O) groups excluding carboxylic acids is 2. The van der Waals surface area contributed by atoms with Gasteiger partial charge in [-0.15, -0.1) is 0 Å². The standard InChI is InChI=1S/C17H29NO2/c1-14(19)13-16-9-5-6-12-18(16)17(20)11-10-15-7-3-2-4-8-15/h15-16H,2-13H2,1H3. The van der Waals surface area contributed by atoms with E-state index in [0.717, 1.165) is 38.1 Å². The first-order chi connectivity index (χ1) is 9.66. The second kappa shape index (κ2) is 7.80. The van der Waals surface area contributed by atoms with Gasteiger partial charge < -0.3 is 4.90 Å². The molecular weight excluding hydrogens is 250 g/mol. The van der Waals surface area contributed by atoms with Gasteiger partial charge in [0.2, 0.25) is 5.91 Å². The summed E-state index contributed by atoms with van der Waals surface area (Å²) in [5.41, 5.74) is 0. The average Bonchev–Trinajstić information content (AvgIpc) is 2.46. The third-order valence-corrected chi connectivity index (χ3v) is 4.96. The fourth-order valence-corrected chi connectivity index (χ4v) is 3.82. The average molecular weight is 279 g/mol. The summed E-state index contributed by atoms with van der Waals surface area (Å²) in [4.78, 5) is 25.8. The number of hydrogen-bond acceptors (Lipinski definition) is 2. The Morgan fingerprint density at radius 1 is 1.00 bits per heavy atom. The molecule has 1 unspecified atom stereocenters. The molecule has 1 aliphatic carbocycles. The van der Waals surface area contributed by atoms with Gasteiger partial charge in [0.1, 0.15) is 5.78 Å². The molecule has 3 nitrogen and oxygen atoms in total. The highest BCUT2D eigenvalue weighted by molar-refractivity contribution is 5.79. The predicted molar refractivity (Wildman–Crippen MR) is 80.5 cm³/mol. The first-order valence-electron chi connectivity index (χ1n) is 8.45. The van der Waals surface area contributed by atoms with Crippen LogP contribution in [0.1, 0.15) is 77.6 Å². The van der Waals surface area contributed by atoms with Gasteiger partial charge in [-0.2, -0.15) is 0 Å². The van der Waals surface area contributed by atoms with Gasteiger partial charge in [0, 0.05) is 25.4 Å². The minimum Gasteiger partial charge on any atom is -0.339 e. The Morgan fingerprint density at radius 3 is 2.40 bits per heavy atom. The van der Waals surface area contributed by atoms with Crippen molar-refractivity contribution in [1.29, 1.82) is 0 Å². The lowest BCUT2D eigenvalue weighted by molar-refractivity contribution is -0.136. The SMILES string of the molecule is CC(=O)CC1CCCCN1C(=O)CCC1CCCCC1. The van der Waals surface area contributed by atoms with E-state index in [-0.39, 0.29) is 11.8 Å². The van der Waals surface area contributed by atoms with Crippen LogP contribution in [-0.2, 0) is 9.59 Å². The number of ketones is 1. The molecule has 0 bridgehead atoms. The fourth-order valence-electron chi connectivity index (χ4n) is 3.82. The molecule has 0 radical (unpaired) electrons. The maximum atomic E-state index is 12.4. The molecule has 1 atom stereocenters. The van der Waals surface area contributed by atoms with E-state index in [9.17, 15) is 9.59 Å². The number of hydrogen-bond donors (Lipinski definition) is 0. The van der Waals surface area contributed by atoms with Crippen LogP contribution in [0, 0.1) is 5.92 Å². The molecule has 1 heterocycles. The van der Waals surface area contributed by atoms with Crippen LogP contribution in [0.3, 0.4) is 0 Å². The highest BCUT2D eigenvalue weighted by Crippen LogP contribution is 2.28. The molecular formula is C17H29NO2. The zero-order valence-electron chi connectivity index (χ0n) is 12.9. The number of rotatable bonds is 5. The molecule has 0 N–H and O–H groups in total. The molecule has 0 aromatic carbocycles. The maximum Gasteiger partial charge on any atom is 0.222 e. The van der Waals surface area contributed by atoms with E-state index in [1.807, 2.05) is 4.90 Å². The van der Waals surface area contributed by atoms with Crippen molar-refractivity contribution < 1.29 is 9.59 Å². The Balaban J connectivity index is 1.80. The molecule has 2 rings (SSSR count). The first-order valence-corrected chi connectivity index (χ1v) is 8.45. The minimum absolute atomic E-state index is 0.181. The number of amides is 1. The third-order valence-electron chi connectivity index (χ3n) is 4.96. The van der Waals surface area contributed by atoms with E-state index in [1.165, 1.54) is 32.1 Å². The van der Waals surface area contributed by atoms with Gasteiger partial charge in [0.05, 0.1) is 0 Å². The Labute approximate surface area is 123 Å². The second-order valence-corrected chi connectivity index (χ2v) is 6.69. The summed E-state index contributed by atoms with van der Waals surface area (Å²) < 4.78 is 0. The normalized spacial score (nSPS) is 24.6. The second-order valence-electron chi connectivity index (χ2n) is 6.69. The molecule has 0 aromatic heterocycles. The molecule has 1 saturated heterocycles. The van der Waals surface area contributed by atoms with Crippen LogP contribution in [0.5, 0.6) is 0 Å². The first kappa shape index (κ1) is 15.5. The predicted octanol–water partition coefficient (Wildman–Crippen LogP) is 3.71. The Morgan fingerprint density at radius 2 is 1.70 bits per heavy atom. The van der Waals surface area contributed by atoms with Crippen LogP contribution in [0.2, 0.25) is 0 Å². The van der Waals surface area contributed by atoms with Gasteiger partial charge in [-0.05, 0) is 38.5 Å². The van der Waals surface area contributed by atoms with Crippen molar-refractivity contribution in [3.8, 4) is 0 Å². The molecule has 0 aromatic rings. The van der Waals surface area contributed by atoms with Gasteiger partial charge in [-0.1, -0.05) is 32.1 Å². The third kappa shape index (κ3) is 4.60. The number of carbonyl (C=O) groups is 2. The minimum atomic E-state index is 0.181. The van der Waals surface area contributed by atoms with Crippen LogP contribution in [0.25, 0.3) is 0 Å². The van der Waals surface area contributed by atoms with Crippen LogP contribution >= 0.6 is 0 Å². The van der Waals surface area contributed by atoms with Crippen molar-refractivity contribution in [2.45, 2.75) is 83.6 Å². The number of piperidine rings is 1. The van der Waals surface area contributed by atoms with Gasteiger partial charge >= 0.3 is 0 Å². The molecule has 3 heteroatoms. The van der Waals surface area contributed by atoms with Crippen molar-refractivity contribution in [3.05, 3.63) is 0 Å². The van der Waals surface area contributed by atoms with E-state index < -0.39 is 0 Å². The van der Waals surface area contributed by atoms with Crippen molar-refractivity contribution >= 4 is 11.7 Å². The van der Waals surface area contributed by atoms with Crippen molar-refractivity contribution in [2.75, 3.05) is 6.54 Å². The van der Waals surface area contributed by atoms with E-state index in [4.69, 9.17) is 0 Å². The Hall–Kier alpha value is -0.860. The van der Waals surface area contributed by atoms with Gasteiger partial charge in [0.25, 0.3) is 0 Å². The molecule has 1 saturated carbocycles. The largest absolute Gasteiger partial charge is 0.339 e. The summed E-state index contributed by atoms with van der Waals surface area (Å²) in [5, 5.41) is 0.